The SMILES string of the molecule is O=C(CCCOc1ccc(Cl)cc1Cl)Oc1ccc(Br)cc1. The largest absolute Gasteiger partial charge is 0.492 e. The number of rotatable bonds is 6. The molecule has 2 aromatic rings. The molecule has 0 radical (unpaired) electrons. The van der Waals surface area contributed by atoms with Crippen molar-refractivity contribution >= 4 is 45.1 Å². The van der Waals surface area contributed by atoms with Crippen LogP contribution in [-0.2, 0) is 4.79 Å². The molecule has 0 aliphatic carbocycles. The molecule has 0 bridgehead atoms. The van der Waals surface area contributed by atoms with Crippen molar-refractivity contribution < 1.29 is 14.3 Å². The summed E-state index contributed by atoms with van der Waals surface area (Å²) in [6, 6.07) is 12.1. The molecule has 0 spiro atoms. The summed E-state index contributed by atoms with van der Waals surface area (Å²) in [4.78, 5) is 11.7. The maximum absolute atomic E-state index is 11.7. The first-order valence-electron chi connectivity index (χ1n) is 6.59. The van der Waals surface area contributed by atoms with Crippen LogP contribution in [0, 0.1) is 0 Å². The number of benzene rings is 2. The van der Waals surface area contributed by atoms with Gasteiger partial charge < -0.3 is 9.47 Å². The number of hydrogen-bond acceptors (Lipinski definition) is 3. The zero-order valence-electron chi connectivity index (χ0n) is 11.5. The average Bonchev–Trinajstić information content (AvgIpc) is 2.48. The van der Waals surface area contributed by atoms with Gasteiger partial charge in [-0.3, -0.25) is 4.79 Å². The fourth-order valence-electron chi connectivity index (χ4n) is 1.68. The summed E-state index contributed by atoms with van der Waals surface area (Å²) in [5, 5.41) is 1.00. The van der Waals surface area contributed by atoms with Crippen molar-refractivity contribution in [3.63, 3.8) is 0 Å². The molecule has 116 valence electrons. The summed E-state index contributed by atoms with van der Waals surface area (Å²) in [6.45, 7) is 0.372. The molecule has 2 rings (SSSR count). The summed E-state index contributed by atoms with van der Waals surface area (Å²) in [6.07, 6.45) is 0.801. The van der Waals surface area contributed by atoms with Crippen LogP contribution in [-0.4, -0.2) is 12.6 Å². The van der Waals surface area contributed by atoms with Crippen molar-refractivity contribution in [3.05, 3.63) is 57.0 Å². The molecule has 0 amide bonds. The average molecular weight is 404 g/mol. The summed E-state index contributed by atoms with van der Waals surface area (Å²) < 4.78 is 11.6. The van der Waals surface area contributed by atoms with E-state index in [0.29, 0.717) is 34.6 Å². The van der Waals surface area contributed by atoms with Crippen molar-refractivity contribution in [2.24, 2.45) is 0 Å². The van der Waals surface area contributed by atoms with Gasteiger partial charge in [-0.05, 0) is 48.9 Å². The van der Waals surface area contributed by atoms with Gasteiger partial charge in [0, 0.05) is 15.9 Å². The Labute approximate surface area is 147 Å². The zero-order chi connectivity index (χ0) is 15.9. The molecule has 3 nitrogen and oxygen atoms in total. The molecule has 0 aromatic heterocycles. The number of carbonyl (C=O) groups is 1. The molecule has 0 fully saturated rings. The summed E-state index contributed by atoms with van der Waals surface area (Å²) in [5.41, 5.74) is 0. The van der Waals surface area contributed by atoms with E-state index in [9.17, 15) is 4.79 Å². The van der Waals surface area contributed by atoms with Crippen molar-refractivity contribution in [1.82, 2.24) is 0 Å². The first-order valence-corrected chi connectivity index (χ1v) is 8.13. The molecule has 0 aliphatic rings. The Hall–Kier alpha value is -1.23. The number of halogens is 3. The highest BCUT2D eigenvalue weighted by atomic mass is 79.9. The summed E-state index contributed by atoms with van der Waals surface area (Å²) in [5.74, 6) is 0.773. The Balaban J connectivity index is 1.72. The predicted molar refractivity (Wildman–Crippen MR) is 91.0 cm³/mol. The molecule has 0 heterocycles. The smallest absolute Gasteiger partial charge is 0.311 e. The van der Waals surface area contributed by atoms with Crippen LogP contribution in [0.15, 0.2) is 46.9 Å². The third-order valence-electron chi connectivity index (χ3n) is 2.72. The van der Waals surface area contributed by atoms with Crippen LogP contribution < -0.4 is 9.47 Å². The van der Waals surface area contributed by atoms with Crippen molar-refractivity contribution in [3.8, 4) is 11.5 Å². The van der Waals surface area contributed by atoms with E-state index >= 15 is 0 Å². The Morgan fingerprint density at radius 3 is 2.50 bits per heavy atom. The maximum Gasteiger partial charge on any atom is 0.311 e. The predicted octanol–water partition coefficient (Wildman–Crippen LogP) is 5.52. The van der Waals surface area contributed by atoms with E-state index in [1.807, 2.05) is 12.1 Å². The third-order valence-corrected chi connectivity index (χ3v) is 3.78. The quantitative estimate of drug-likeness (QED) is 0.361. The number of carbonyl (C=O) groups excluding carboxylic acids is 1. The van der Waals surface area contributed by atoms with Gasteiger partial charge in [0.15, 0.2) is 0 Å². The maximum atomic E-state index is 11.7. The molecular formula is C16H13BrCl2O3. The molecule has 6 heteroatoms. The van der Waals surface area contributed by atoms with E-state index in [4.69, 9.17) is 32.7 Å². The van der Waals surface area contributed by atoms with Crippen molar-refractivity contribution in [2.45, 2.75) is 12.8 Å². The topological polar surface area (TPSA) is 35.5 Å². The van der Waals surface area contributed by atoms with Gasteiger partial charge >= 0.3 is 5.97 Å². The Kier molecular flexibility index (Phi) is 6.55. The second-order valence-corrected chi connectivity index (χ2v) is 6.21. The second-order valence-electron chi connectivity index (χ2n) is 4.45. The molecule has 0 aliphatic heterocycles. The lowest BCUT2D eigenvalue weighted by Gasteiger charge is -2.08. The fraction of sp³-hybridized carbons (Fsp3) is 0.188. The number of ether oxygens (including phenoxy) is 2. The molecule has 0 saturated carbocycles. The lowest BCUT2D eigenvalue weighted by Crippen LogP contribution is -2.10. The van der Waals surface area contributed by atoms with Crippen LogP contribution in [0.3, 0.4) is 0 Å². The molecule has 0 atom stereocenters. The second kappa shape index (κ2) is 8.42. The third kappa shape index (κ3) is 5.52. The van der Waals surface area contributed by atoms with Crippen LogP contribution in [0.1, 0.15) is 12.8 Å². The van der Waals surface area contributed by atoms with E-state index in [-0.39, 0.29) is 12.4 Å². The Morgan fingerprint density at radius 2 is 1.82 bits per heavy atom. The van der Waals surface area contributed by atoms with Gasteiger partial charge in [0.2, 0.25) is 0 Å². The van der Waals surface area contributed by atoms with Gasteiger partial charge in [-0.25, -0.2) is 0 Å². The summed E-state index contributed by atoms with van der Waals surface area (Å²) >= 11 is 15.1. The Bertz CT molecular complexity index is 644. The van der Waals surface area contributed by atoms with E-state index < -0.39 is 0 Å². The molecule has 0 N–H and O–H groups in total. The standard InChI is InChI=1S/C16H13BrCl2O3/c17-11-3-6-13(7-4-11)22-16(20)2-1-9-21-15-8-5-12(18)10-14(15)19/h3-8,10H,1-2,9H2. The van der Waals surface area contributed by atoms with Crippen LogP contribution in [0.25, 0.3) is 0 Å². The first kappa shape index (κ1) is 17.1. The minimum Gasteiger partial charge on any atom is -0.492 e. The molecule has 0 unspecified atom stereocenters. The van der Waals surface area contributed by atoms with Gasteiger partial charge in [0.05, 0.1) is 11.6 Å². The first-order chi connectivity index (χ1) is 10.5. The van der Waals surface area contributed by atoms with Crippen molar-refractivity contribution in [2.75, 3.05) is 6.61 Å². The van der Waals surface area contributed by atoms with Gasteiger partial charge in [-0.15, -0.1) is 0 Å². The molecule has 2 aromatic carbocycles. The molecular weight excluding hydrogens is 391 g/mol. The van der Waals surface area contributed by atoms with Gasteiger partial charge in [-0.1, -0.05) is 39.1 Å². The highest BCUT2D eigenvalue weighted by Crippen LogP contribution is 2.27. The molecule has 0 saturated heterocycles. The van der Waals surface area contributed by atoms with Gasteiger partial charge in [0.1, 0.15) is 11.5 Å². The zero-order valence-corrected chi connectivity index (χ0v) is 14.6. The fourth-order valence-corrected chi connectivity index (χ4v) is 2.40. The highest BCUT2D eigenvalue weighted by molar-refractivity contribution is 9.10. The minimum atomic E-state index is -0.298. The van der Waals surface area contributed by atoms with Crippen molar-refractivity contribution in [1.29, 1.82) is 0 Å². The highest BCUT2D eigenvalue weighted by Gasteiger charge is 2.06. The van der Waals surface area contributed by atoms with Crippen LogP contribution >= 0.6 is 39.1 Å². The lowest BCUT2D eigenvalue weighted by atomic mass is 10.3. The van der Waals surface area contributed by atoms with Crippen LogP contribution in [0.4, 0.5) is 0 Å². The van der Waals surface area contributed by atoms with E-state index in [0.717, 1.165) is 4.47 Å². The van der Waals surface area contributed by atoms with Gasteiger partial charge in [0.25, 0.3) is 0 Å². The van der Waals surface area contributed by atoms with E-state index in [1.165, 1.54) is 0 Å². The normalized spacial score (nSPS) is 10.3. The Morgan fingerprint density at radius 1 is 1.09 bits per heavy atom. The lowest BCUT2D eigenvalue weighted by molar-refractivity contribution is -0.134. The van der Waals surface area contributed by atoms with E-state index in [2.05, 4.69) is 15.9 Å². The number of hydrogen-bond donors (Lipinski definition) is 0. The molecule has 22 heavy (non-hydrogen) atoms. The summed E-state index contributed by atoms with van der Waals surface area (Å²) in [7, 11) is 0. The van der Waals surface area contributed by atoms with Crippen LogP contribution in [0.2, 0.25) is 10.0 Å². The number of esters is 1. The van der Waals surface area contributed by atoms with Crippen LogP contribution in [0.5, 0.6) is 11.5 Å². The van der Waals surface area contributed by atoms with Gasteiger partial charge in [-0.2, -0.15) is 0 Å². The van der Waals surface area contributed by atoms with E-state index in [1.54, 1.807) is 30.3 Å². The monoisotopic (exact) mass is 402 g/mol. The minimum absolute atomic E-state index is 0.265.